The number of hydrogen-bond donors (Lipinski definition) is 0. The Kier molecular flexibility index (Phi) is 3.95. The maximum atomic E-state index is 12.2. The fourth-order valence-electron chi connectivity index (χ4n) is 8.19. The van der Waals surface area contributed by atoms with Crippen molar-refractivity contribution in [3.8, 4) is 0 Å². The summed E-state index contributed by atoms with van der Waals surface area (Å²) in [5.74, 6) is 5.14. The van der Waals surface area contributed by atoms with Crippen LogP contribution >= 0.6 is 0 Å². The zero-order valence-corrected chi connectivity index (χ0v) is 17.1. The molecule has 1 heterocycles. The van der Waals surface area contributed by atoms with Gasteiger partial charge in [-0.3, -0.25) is 4.79 Å². The van der Waals surface area contributed by atoms with E-state index in [-0.39, 0.29) is 11.3 Å². The molecule has 25 heavy (non-hydrogen) atoms. The summed E-state index contributed by atoms with van der Waals surface area (Å²) in [6.07, 6.45) is 11.0. The number of carbonyl (C=O) groups is 1. The van der Waals surface area contributed by atoms with E-state index in [1.807, 2.05) is 18.0 Å². The Hall–Kier alpha value is -0.790. The molecule has 4 aliphatic rings. The summed E-state index contributed by atoms with van der Waals surface area (Å²) in [5.41, 5.74) is 0.726. The van der Waals surface area contributed by atoms with Crippen molar-refractivity contribution in [1.29, 1.82) is 0 Å². The highest BCUT2D eigenvalue weighted by Crippen LogP contribution is 2.67. The van der Waals surface area contributed by atoms with Gasteiger partial charge in [-0.2, -0.15) is 0 Å². The third kappa shape index (κ3) is 2.24. The quantitative estimate of drug-likeness (QED) is 0.645. The van der Waals surface area contributed by atoms with Gasteiger partial charge in [-0.15, -0.1) is 0 Å². The Balaban J connectivity index is 1.71. The first-order valence-electron chi connectivity index (χ1n) is 10.7. The molecule has 0 spiro atoms. The molecular weight excluding hydrogens is 306 g/mol. The van der Waals surface area contributed by atoms with E-state index in [4.69, 9.17) is 0 Å². The molecule has 140 valence electrons. The van der Waals surface area contributed by atoms with Crippen molar-refractivity contribution in [2.75, 3.05) is 7.05 Å². The maximum Gasteiger partial charge on any atom is 0.246 e. The normalized spacial score (nSPS) is 52.1. The average molecular weight is 344 g/mol. The summed E-state index contributed by atoms with van der Waals surface area (Å²) in [7, 11) is 2.03. The van der Waals surface area contributed by atoms with Gasteiger partial charge < -0.3 is 4.90 Å². The third-order valence-electron chi connectivity index (χ3n) is 9.38. The molecule has 3 fully saturated rings. The van der Waals surface area contributed by atoms with Gasteiger partial charge in [-0.1, -0.05) is 40.7 Å². The summed E-state index contributed by atoms with van der Waals surface area (Å²) in [5, 5.41) is 0. The van der Waals surface area contributed by atoms with E-state index in [0.717, 1.165) is 35.5 Å². The van der Waals surface area contributed by atoms with Crippen LogP contribution in [0.25, 0.3) is 0 Å². The fourth-order valence-corrected chi connectivity index (χ4v) is 8.19. The summed E-state index contributed by atoms with van der Waals surface area (Å²) in [6.45, 7) is 12.5. The monoisotopic (exact) mass is 343 g/mol. The van der Waals surface area contributed by atoms with E-state index in [0.29, 0.717) is 11.5 Å². The molecule has 0 aromatic rings. The Bertz CT molecular complexity index is 595. The smallest absolute Gasteiger partial charge is 0.246 e. The van der Waals surface area contributed by atoms with Crippen LogP contribution in [0.1, 0.15) is 66.7 Å². The first-order valence-corrected chi connectivity index (χ1v) is 10.7. The number of likely N-dealkylation sites (N-methyl/N-ethyl adjacent to an activating group) is 1. The molecule has 0 aromatic heterocycles. The first kappa shape index (κ1) is 17.6. The van der Waals surface area contributed by atoms with Gasteiger partial charge in [-0.25, -0.2) is 0 Å². The van der Waals surface area contributed by atoms with Gasteiger partial charge in [0.25, 0.3) is 0 Å². The van der Waals surface area contributed by atoms with Crippen LogP contribution in [0.4, 0.5) is 0 Å². The van der Waals surface area contributed by atoms with Crippen LogP contribution in [0, 0.1) is 46.3 Å². The van der Waals surface area contributed by atoms with Gasteiger partial charge >= 0.3 is 0 Å². The Morgan fingerprint density at radius 3 is 2.56 bits per heavy atom. The summed E-state index contributed by atoms with van der Waals surface area (Å²) >= 11 is 0. The van der Waals surface area contributed by atoms with Crippen LogP contribution < -0.4 is 0 Å². The minimum atomic E-state index is 0.178. The molecule has 3 aliphatic carbocycles. The number of amides is 1. The van der Waals surface area contributed by atoms with Gasteiger partial charge in [0.15, 0.2) is 0 Å². The van der Waals surface area contributed by atoms with E-state index < -0.39 is 0 Å². The van der Waals surface area contributed by atoms with Gasteiger partial charge in [0, 0.05) is 18.5 Å². The van der Waals surface area contributed by atoms with Crippen molar-refractivity contribution < 1.29 is 4.79 Å². The highest BCUT2D eigenvalue weighted by atomic mass is 16.2. The van der Waals surface area contributed by atoms with Crippen molar-refractivity contribution in [3.63, 3.8) is 0 Å². The maximum absolute atomic E-state index is 12.2. The number of carbonyl (C=O) groups excluding carboxylic acids is 1. The van der Waals surface area contributed by atoms with Crippen LogP contribution in [0.2, 0.25) is 0 Å². The van der Waals surface area contributed by atoms with Crippen molar-refractivity contribution in [2.24, 2.45) is 46.3 Å². The van der Waals surface area contributed by atoms with Gasteiger partial charge in [-0.05, 0) is 79.1 Å². The van der Waals surface area contributed by atoms with Crippen molar-refractivity contribution in [1.82, 2.24) is 4.90 Å². The van der Waals surface area contributed by atoms with Crippen LogP contribution in [0.3, 0.4) is 0 Å². The Labute approximate surface area is 154 Å². The molecule has 0 N–H and O–H groups in total. The van der Waals surface area contributed by atoms with Crippen LogP contribution in [-0.2, 0) is 4.79 Å². The lowest BCUT2D eigenvalue weighted by Crippen LogP contribution is -2.61. The third-order valence-corrected chi connectivity index (χ3v) is 9.38. The summed E-state index contributed by atoms with van der Waals surface area (Å²) in [6, 6.07) is 0.396. The fraction of sp³-hybridized carbons (Fsp3) is 0.870. The zero-order chi connectivity index (χ0) is 18.1. The number of nitrogens with zero attached hydrogens (tertiary/aromatic N) is 1. The number of hydrogen-bond acceptors (Lipinski definition) is 1. The van der Waals surface area contributed by atoms with Gasteiger partial charge in [0.1, 0.15) is 0 Å². The highest BCUT2D eigenvalue weighted by Gasteiger charge is 2.62. The van der Waals surface area contributed by atoms with E-state index in [1.54, 1.807) is 0 Å². The minimum absolute atomic E-state index is 0.178. The molecular formula is C23H37NO. The topological polar surface area (TPSA) is 20.3 Å². The molecule has 0 bridgehead atoms. The lowest BCUT2D eigenvalue weighted by Gasteiger charge is -2.62. The van der Waals surface area contributed by atoms with Crippen molar-refractivity contribution >= 4 is 5.91 Å². The average Bonchev–Trinajstić information content (AvgIpc) is 2.91. The van der Waals surface area contributed by atoms with E-state index in [9.17, 15) is 4.79 Å². The van der Waals surface area contributed by atoms with Gasteiger partial charge in [0.05, 0.1) is 0 Å². The predicted octanol–water partition coefficient (Wildman–Crippen LogP) is 5.14. The SMILES string of the molecule is CC(C)C1CC[C@H]2[C@@H]3C(C)CC4N(C)C(=O)C=C[C@]4(C)[C@@H]3CC[C@]12C. The van der Waals surface area contributed by atoms with Crippen molar-refractivity contribution in [3.05, 3.63) is 12.2 Å². The van der Waals surface area contributed by atoms with E-state index >= 15 is 0 Å². The molecule has 1 aliphatic heterocycles. The van der Waals surface area contributed by atoms with E-state index in [2.05, 4.69) is 40.7 Å². The lowest BCUT2D eigenvalue weighted by atomic mass is 9.45. The van der Waals surface area contributed by atoms with Crippen LogP contribution in [-0.4, -0.2) is 23.9 Å². The van der Waals surface area contributed by atoms with Crippen LogP contribution in [0.5, 0.6) is 0 Å². The minimum Gasteiger partial charge on any atom is -0.338 e. The molecule has 0 aromatic carbocycles. The predicted molar refractivity (Wildman–Crippen MR) is 103 cm³/mol. The Morgan fingerprint density at radius 2 is 1.88 bits per heavy atom. The molecule has 8 atom stereocenters. The Morgan fingerprint density at radius 1 is 1.16 bits per heavy atom. The van der Waals surface area contributed by atoms with Gasteiger partial charge in [0.2, 0.25) is 5.91 Å². The van der Waals surface area contributed by atoms with Crippen molar-refractivity contribution in [2.45, 2.75) is 72.8 Å². The largest absolute Gasteiger partial charge is 0.338 e. The first-order chi connectivity index (χ1) is 11.7. The molecule has 1 amide bonds. The zero-order valence-electron chi connectivity index (χ0n) is 17.1. The second-order valence-electron chi connectivity index (χ2n) is 10.6. The van der Waals surface area contributed by atoms with Crippen LogP contribution in [0.15, 0.2) is 12.2 Å². The number of rotatable bonds is 1. The summed E-state index contributed by atoms with van der Waals surface area (Å²) < 4.78 is 0. The second-order valence-corrected chi connectivity index (χ2v) is 10.6. The summed E-state index contributed by atoms with van der Waals surface area (Å²) in [4.78, 5) is 14.3. The molecule has 2 heteroatoms. The van der Waals surface area contributed by atoms with E-state index in [1.165, 1.54) is 32.1 Å². The molecule has 4 rings (SSSR count). The molecule has 3 saturated carbocycles. The molecule has 2 nitrogen and oxygen atoms in total. The second kappa shape index (κ2) is 5.60. The number of fused-ring (bicyclic) bond motifs is 5. The standard InChI is InChI=1S/C23H37NO/c1-14(2)16-7-8-17-21-15(3)13-19-23(5,12-10-20(25)24(19)6)18(21)9-11-22(16,17)4/h10,12,14-19,21H,7-9,11,13H2,1-6H3/t15?,16?,17-,18+,19?,21-,22+,23+/m0/s1. The molecule has 0 radical (unpaired) electrons. The molecule has 3 unspecified atom stereocenters. The molecule has 0 saturated heterocycles. The highest BCUT2D eigenvalue weighted by molar-refractivity contribution is 5.89. The lowest BCUT2D eigenvalue weighted by molar-refractivity contribution is -0.145.